The van der Waals surface area contributed by atoms with Gasteiger partial charge >= 0.3 is 5.97 Å². The summed E-state index contributed by atoms with van der Waals surface area (Å²) in [4.78, 5) is 11.1. The van der Waals surface area contributed by atoms with Crippen molar-refractivity contribution in [2.45, 2.75) is 0 Å². The van der Waals surface area contributed by atoms with Crippen molar-refractivity contribution >= 4 is 46.5 Å². The van der Waals surface area contributed by atoms with Crippen LogP contribution in [0, 0.1) is 0 Å². The highest BCUT2D eigenvalue weighted by molar-refractivity contribution is 6.42. The molecule has 2 aromatic rings. The summed E-state index contributed by atoms with van der Waals surface area (Å²) in [6.45, 7) is 0.687. The third kappa shape index (κ3) is 4.19. The maximum Gasteiger partial charge on any atom is 0.337 e. The van der Waals surface area contributed by atoms with E-state index in [1.165, 1.54) is 6.07 Å². The topological polar surface area (TPSA) is 58.6 Å². The smallest absolute Gasteiger partial charge is 0.337 e. The summed E-state index contributed by atoms with van der Waals surface area (Å²) < 4.78 is 5.51. The molecule has 2 rings (SSSR count). The van der Waals surface area contributed by atoms with E-state index in [0.29, 0.717) is 39.7 Å². The van der Waals surface area contributed by atoms with E-state index in [1.807, 2.05) is 0 Å². The van der Waals surface area contributed by atoms with E-state index in [-0.39, 0.29) is 5.56 Å². The molecule has 0 heterocycles. The Hall–Kier alpha value is -1.62. The number of aromatic carboxylic acids is 1. The molecule has 0 unspecified atom stereocenters. The molecule has 0 saturated carbocycles. The molecular weight excluding hydrogens is 349 g/mol. The fourth-order valence-electron chi connectivity index (χ4n) is 1.79. The van der Waals surface area contributed by atoms with Crippen molar-refractivity contribution in [2.24, 2.45) is 0 Å². The number of hydrogen-bond acceptors (Lipinski definition) is 3. The van der Waals surface area contributed by atoms with Crippen LogP contribution in [0.3, 0.4) is 0 Å². The van der Waals surface area contributed by atoms with Crippen LogP contribution in [-0.2, 0) is 0 Å². The van der Waals surface area contributed by atoms with Gasteiger partial charge in [-0.2, -0.15) is 0 Å². The van der Waals surface area contributed by atoms with Crippen LogP contribution in [0.25, 0.3) is 0 Å². The van der Waals surface area contributed by atoms with Crippen LogP contribution in [0.5, 0.6) is 5.75 Å². The van der Waals surface area contributed by atoms with Crippen molar-refractivity contribution in [3.8, 4) is 5.75 Å². The quantitative estimate of drug-likeness (QED) is 0.724. The lowest BCUT2D eigenvalue weighted by Crippen LogP contribution is -2.14. The summed E-state index contributed by atoms with van der Waals surface area (Å²) in [7, 11) is 0. The molecule has 0 aliphatic heterocycles. The summed E-state index contributed by atoms with van der Waals surface area (Å²) in [6, 6.07) is 9.73. The number of carboxylic acids is 1. The van der Waals surface area contributed by atoms with E-state index >= 15 is 0 Å². The molecule has 0 radical (unpaired) electrons. The van der Waals surface area contributed by atoms with E-state index in [1.54, 1.807) is 30.3 Å². The predicted octanol–water partition coefficient (Wildman–Crippen LogP) is 4.84. The number of rotatable bonds is 6. The largest absolute Gasteiger partial charge is 0.490 e. The van der Waals surface area contributed by atoms with Crippen LogP contribution in [0.2, 0.25) is 15.1 Å². The number of hydrogen-bond donors (Lipinski definition) is 2. The Bertz CT molecular complexity index is 692. The van der Waals surface area contributed by atoms with E-state index in [9.17, 15) is 4.79 Å². The van der Waals surface area contributed by atoms with Crippen LogP contribution >= 0.6 is 34.8 Å². The maximum absolute atomic E-state index is 11.1. The van der Waals surface area contributed by atoms with Crippen LogP contribution in [0.1, 0.15) is 10.4 Å². The lowest BCUT2D eigenvalue weighted by atomic mass is 10.2. The van der Waals surface area contributed by atoms with Gasteiger partial charge in [-0.15, -0.1) is 0 Å². The van der Waals surface area contributed by atoms with E-state index in [4.69, 9.17) is 44.6 Å². The van der Waals surface area contributed by atoms with Gasteiger partial charge in [-0.1, -0.05) is 40.9 Å². The number of halogens is 3. The number of carbonyl (C=O) groups is 1. The molecule has 0 amide bonds. The van der Waals surface area contributed by atoms with Crippen molar-refractivity contribution < 1.29 is 14.6 Å². The summed E-state index contributed by atoms with van der Waals surface area (Å²) in [6.07, 6.45) is 0. The predicted molar refractivity (Wildman–Crippen MR) is 88.9 cm³/mol. The first-order valence-electron chi connectivity index (χ1n) is 6.32. The third-order valence-corrected chi connectivity index (χ3v) is 3.84. The standard InChI is InChI=1S/C15H12Cl3NO3/c16-9-4-5-12(10(8-9)15(20)21)19-6-7-22-13-3-1-2-11(17)14(13)18/h1-5,8,19H,6-7H2,(H,20,21). The van der Waals surface area contributed by atoms with Gasteiger partial charge in [0.25, 0.3) is 0 Å². The van der Waals surface area contributed by atoms with Crippen LogP contribution in [-0.4, -0.2) is 24.2 Å². The van der Waals surface area contributed by atoms with E-state index in [0.717, 1.165) is 0 Å². The molecule has 0 spiro atoms. The third-order valence-electron chi connectivity index (χ3n) is 2.80. The first-order valence-corrected chi connectivity index (χ1v) is 7.46. The summed E-state index contributed by atoms with van der Waals surface area (Å²) in [5.41, 5.74) is 0.575. The second kappa shape index (κ2) is 7.58. The number of carboxylic acid groups (broad SMARTS) is 1. The number of benzene rings is 2. The first kappa shape index (κ1) is 16.7. The Morgan fingerprint density at radius 2 is 1.95 bits per heavy atom. The van der Waals surface area contributed by atoms with Crippen molar-refractivity contribution in [1.29, 1.82) is 0 Å². The number of nitrogens with one attached hydrogen (secondary N) is 1. The Morgan fingerprint density at radius 1 is 1.18 bits per heavy atom. The molecule has 7 heteroatoms. The molecule has 0 saturated heterocycles. The summed E-state index contributed by atoms with van der Waals surface area (Å²) in [5, 5.41) is 13.2. The van der Waals surface area contributed by atoms with Crippen LogP contribution in [0.15, 0.2) is 36.4 Å². The van der Waals surface area contributed by atoms with Crippen molar-refractivity contribution in [3.05, 3.63) is 57.0 Å². The van der Waals surface area contributed by atoms with E-state index in [2.05, 4.69) is 5.32 Å². The van der Waals surface area contributed by atoms with Gasteiger partial charge in [0.2, 0.25) is 0 Å². The highest BCUT2D eigenvalue weighted by Gasteiger charge is 2.10. The SMILES string of the molecule is O=C(O)c1cc(Cl)ccc1NCCOc1cccc(Cl)c1Cl. The zero-order chi connectivity index (χ0) is 16.1. The molecule has 22 heavy (non-hydrogen) atoms. The molecular formula is C15H12Cl3NO3. The lowest BCUT2D eigenvalue weighted by Gasteiger charge is -2.12. The molecule has 0 aliphatic carbocycles. The average Bonchev–Trinajstić information content (AvgIpc) is 2.48. The minimum absolute atomic E-state index is 0.105. The molecule has 0 fully saturated rings. The second-order valence-electron chi connectivity index (χ2n) is 4.32. The average molecular weight is 361 g/mol. The van der Waals surface area contributed by atoms with Gasteiger partial charge < -0.3 is 15.2 Å². The highest BCUT2D eigenvalue weighted by atomic mass is 35.5. The Balaban J connectivity index is 1.94. The maximum atomic E-state index is 11.1. The molecule has 116 valence electrons. The van der Waals surface area contributed by atoms with Gasteiger partial charge in [-0.25, -0.2) is 4.79 Å². The minimum Gasteiger partial charge on any atom is -0.490 e. The molecule has 4 nitrogen and oxygen atoms in total. The summed E-state index contributed by atoms with van der Waals surface area (Å²) in [5.74, 6) is -0.575. The van der Waals surface area contributed by atoms with Crippen LogP contribution < -0.4 is 10.1 Å². The van der Waals surface area contributed by atoms with Crippen LogP contribution in [0.4, 0.5) is 5.69 Å². The highest BCUT2D eigenvalue weighted by Crippen LogP contribution is 2.31. The summed E-state index contributed by atoms with van der Waals surface area (Å²) >= 11 is 17.7. The minimum atomic E-state index is -1.05. The molecule has 2 aromatic carbocycles. The lowest BCUT2D eigenvalue weighted by molar-refractivity contribution is 0.0698. The van der Waals surface area contributed by atoms with Gasteiger partial charge in [0.1, 0.15) is 17.4 Å². The van der Waals surface area contributed by atoms with Gasteiger partial charge in [0.15, 0.2) is 0 Å². The fraction of sp³-hybridized carbons (Fsp3) is 0.133. The molecule has 0 atom stereocenters. The zero-order valence-corrected chi connectivity index (χ0v) is 13.5. The van der Waals surface area contributed by atoms with E-state index < -0.39 is 5.97 Å². The van der Waals surface area contributed by atoms with Gasteiger partial charge in [-0.3, -0.25) is 0 Å². The Labute approximate surface area is 142 Å². The molecule has 0 bridgehead atoms. The fourth-order valence-corrected chi connectivity index (χ4v) is 2.31. The second-order valence-corrected chi connectivity index (χ2v) is 5.54. The normalized spacial score (nSPS) is 10.3. The van der Waals surface area contributed by atoms with Crippen molar-refractivity contribution in [1.82, 2.24) is 0 Å². The van der Waals surface area contributed by atoms with Gasteiger partial charge in [0.05, 0.1) is 10.6 Å². The zero-order valence-electron chi connectivity index (χ0n) is 11.3. The van der Waals surface area contributed by atoms with Crippen molar-refractivity contribution in [2.75, 3.05) is 18.5 Å². The number of ether oxygens (including phenoxy) is 1. The monoisotopic (exact) mass is 359 g/mol. The Morgan fingerprint density at radius 3 is 2.68 bits per heavy atom. The van der Waals surface area contributed by atoms with Gasteiger partial charge in [-0.05, 0) is 30.3 Å². The molecule has 2 N–H and O–H groups in total. The molecule has 0 aromatic heterocycles. The number of anilines is 1. The van der Waals surface area contributed by atoms with Gasteiger partial charge in [0, 0.05) is 17.3 Å². The molecule has 0 aliphatic rings. The Kier molecular flexibility index (Phi) is 5.77. The van der Waals surface area contributed by atoms with Crippen molar-refractivity contribution in [3.63, 3.8) is 0 Å². The first-order chi connectivity index (χ1) is 10.5.